The Balaban J connectivity index is 2.04. The SMILES string of the molecule is OC1CCc2nnc(-c3ccc(Cl)cc3)n2C1. The molecule has 0 spiro atoms. The molecule has 0 radical (unpaired) electrons. The Hall–Kier alpha value is -1.39. The van der Waals surface area contributed by atoms with Gasteiger partial charge in [0.1, 0.15) is 5.82 Å². The van der Waals surface area contributed by atoms with Crippen molar-refractivity contribution in [2.75, 3.05) is 0 Å². The van der Waals surface area contributed by atoms with Crippen molar-refractivity contribution in [3.63, 3.8) is 0 Å². The topological polar surface area (TPSA) is 50.9 Å². The summed E-state index contributed by atoms with van der Waals surface area (Å²) >= 11 is 5.86. The van der Waals surface area contributed by atoms with Gasteiger partial charge in [0.2, 0.25) is 0 Å². The number of hydrogen-bond acceptors (Lipinski definition) is 3. The average molecular weight is 250 g/mol. The predicted octanol–water partition coefficient (Wildman–Crippen LogP) is 1.91. The van der Waals surface area contributed by atoms with E-state index < -0.39 is 0 Å². The van der Waals surface area contributed by atoms with E-state index in [9.17, 15) is 5.11 Å². The molecule has 17 heavy (non-hydrogen) atoms. The Morgan fingerprint density at radius 3 is 2.76 bits per heavy atom. The van der Waals surface area contributed by atoms with Gasteiger partial charge in [-0.1, -0.05) is 11.6 Å². The van der Waals surface area contributed by atoms with E-state index in [0.29, 0.717) is 11.6 Å². The third kappa shape index (κ3) is 1.94. The van der Waals surface area contributed by atoms with Crippen LogP contribution >= 0.6 is 11.6 Å². The van der Waals surface area contributed by atoms with Crippen LogP contribution in [0, 0.1) is 0 Å². The minimum atomic E-state index is -0.301. The van der Waals surface area contributed by atoms with Crippen LogP contribution in [0.5, 0.6) is 0 Å². The number of aromatic nitrogens is 3. The number of aryl methyl sites for hydroxylation is 1. The lowest BCUT2D eigenvalue weighted by molar-refractivity contribution is 0.131. The lowest BCUT2D eigenvalue weighted by atomic mass is 10.1. The van der Waals surface area contributed by atoms with E-state index >= 15 is 0 Å². The molecule has 1 aromatic carbocycles. The zero-order valence-electron chi connectivity index (χ0n) is 9.17. The van der Waals surface area contributed by atoms with Crippen molar-refractivity contribution in [3.05, 3.63) is 35.1 Å². The molecule has 1 aromatic heterocycles. The number of halogens is 1. The number of aliphatic hydroxyl groups excluding tert-OH is 1. The van der Waals surface area contributed by atoms with Crippen LogP contribution in [-0.4, -0.2) is 26.0 Å². The summed E-state index contributed by atoms with van der Waals surface area (Å²) in [6, 6.07) is 7.50. The molecule has 1 aliphatic rings. The number of rotatable bonds is 1. The average Bonchev–Trinajstić information content (AvgIpc) is 2.73. The van der Waals surface area contributed by atoms with Crippen LogP contribution in [0.3, 0.4) is 0 Å². The number of nitrogens with zero attached hydrogens (tertiary/aromatic N) is 3. The van der Waals surface area contributed by atoms with Gasteiger partial charge in [0, 0.05) is 17.0 Å². The van der Waals surface area contributed by atoms with Crippen molar-refractivity contribution in [2.24, 2.45) is 0 Å². The Kier molecular flexibility index (Phi) is 2.61. The third-order valence-electron chi connectivity index (χ3n) is 3.02. The van der Waals surface area contributed by atoms with E-state index in [2.05, 4.69) is 10.2 Å². The fourth-order valence-corrected chi connectivity index (χ4v) is 2.25. The quantitative estimate of drug-likeness (QED) is 0.840. The zero-order valence-corrected chi connectivity index (χ0v) is 9.93. The molecule has 88 valence electrons. The third-order valence-corrected chi connectivity index (χ3v) is 3.28. The highest BCUT2D eigenvalue weighted by Crippen LogP contribution is 2.24. The van der Waals surface area contributed by atoms with E-state index in [4.69, 9.17) is 11.6 Å². The van der Waals surface area contributed by atoms with Crippen molar-refractivity contribution >= 4 is 11.6 Å². The van der Waals surface area contributed by atoms with Crippen molar-refractivity contribution < 1.29 is 5.11 Å². The summed E-state index contributed by atoms with van der Waals surface area (Å²) in [5.74, 6) is 1.75. The Bertz CT molecular complexity index is 535. The molecule has 1 aliphatic heterocycles. The Morgan fingerprint density at radius 1 is 1.24 bits per heavy atom. The molecule has 2 aromatic rings. The molecule has 0 saturated carbocycles. The maximum absolute atomic E-state index is 9.69. The largest absolute Gasteiger partial charge is 0.391 e. The van der Waals surface area contributed by atoms with Crippen LogP contribution in [0.15, 0.2) is 24.3 Å². The summed E-state index contributed by atoms with van der Waals surface area (Å²) in [7, 11) is 0. The lowest BCUT2D eigenvalue weighted by Crippen LogP contribution is -2.24. The minimum absolute atomic E-state index is 0.301. The summed E-state index contributed by atoms with van der Waals surface area (Å²) in [5.41, 5.74) is 0.974. The van der Waals surface area contributed by atoms with Crippen LogP contribution in [0.1, 0.15) is 12.2 Å². The maximum Gasteiger partial charge on any atom is 0.164 e. The summed E-state index contributed by atoms with van der Waals surface area (Å²) in [6.45, 7) is 0.570. The van der Waals surface area contributed by atoms with E-state index in [0.717, 1.165) is 30.1 Å². The highest BCUT2D eigenvalue weighted by Gasteiger charge is 2.21. The van der Waals surface area contributed by atoms with E-state index in [1.807, 2.05) is 28.8 Å². The molecule has 3 rings (SSSR count). The molecule has 0 amide bonds. The summed E-state index contributed by atoms with van der Waals surface area (Å²) in [6.07, 6.45) is 1.24. The molecule has 2 heterocycles. The van der Waals surface area contributed by atoms with Gasteiger partial charge in [0.15, 0.2) is 5.82 Å². The predicted molar refractivity (Wildman–Crippen MR) is 64.8 cm³/mol. The highest BCUT2D eigenvalue weighted by molar-refractivity contribution is 6.30. The van der Waals surface area contributed by atoms with E-state index in [-0.39, 0.29) is 6.10 Å². The van der Waals surface area contributed by atoms with Gasteiger partial charge in [-0.2, -0.15) is 0 Å². The Morgan fingerprint density at radius 2 is 2.00 bits per heavy atom. The van der Waals surface area contributed by atoms with E-state index in [1.165, 1.54) is 0 Å². The number of aliphatic hydroxyl groups is 1. The first-order chi connectivity index (χ1) is 8.24. The van der Waals surface area contributed by atoms with Gasteiger partial charge in [-0.15, -0.1) is 10.2 Å². The molecule has 0 aliphatic carbocycles. The highest BCUT2D eigenvalue weighted by atomic mass is 35.5. The van der Waals surface area contributed by atoms with Crippen LogP contribution in [0.4, 0.5) is 0 Å². The second kappa shape index (κ2) is 4.13. The van der Waals surface area contributed by atoms with Gasteiger partial charge in [-0.05, 0) is 30.7 Å². The number of hydrogen-bond donors (Lipinski definition) is 1. The fraction of sp³-hybridized carbons (Fsp3) is 0.333. The van der Waals surface area contributed by atoms with Crippen molar-refractivity contribution in [3.8, 4) is 11.4 Å². The molecule has 1 atom stereocenters. The van der Waals surface area contributed by atoms with Gasteiger partial charge in [0.25, 0.3) is 0 Å². The monoisotopic (exact) mass is 249 g/mol. The molecule has 0 fully saturated rings. The van der Waals surface area contributed by atoms with Gasteiger partial charge in [-0.25, -0.2) is 0 Å². The van der Waals surface area contributed by atoms with Crippen molar-refractivity contribution in [2.45, 2.75) is 25.5 Å². The van der Waals surface area contributed by atoms with Crippen LogP contribution < -0.4 is 0 Å². The van der Waals surface area contributed by atoms with Crippen LogP contribution in [-0.2, 0) is 13.0 Å². The standard InChI is InChI=1S/C12H12ClN3O/c13-9-3-1-8(2-4-9)12-15-14-11-6-5-10(17)7-16(11)12/h1-4,10,17H,5-7H2. The lowest BCUT2D eigenvalue weighted by Gasteiger charge is -2.19. The van der Waals surface area contributed by atoms with Crippen LogP contribution in [0.25, 0.3) is 11.4 Å². The van der Waals surface area contributed by atoms with E-state index in [1.54, 1.807) is 0 Å². The van der Waals surface area contributed by atoms with Crippen molar-refractivity contribution in [1.29, 1.82) is 0 Å². The van der Waals surface area contributed by atoms with Gasteiger partial charge in [0.05, 0.1) is 12.6 Å². The molecular formula is C12H12ClN3O. The summed E-state index contributed by atoms with van der Waals surface area (Å²) in [4.78, 5) is 0. The summed E-state index contributed by atoms with van der Waals surface area (Å²) < 4.78 is 1.98. The van der Waals surface area contributed by atoms with Gasteiger partial charge >= 0.3 is 0 Å². The Labute approximate surface area is 104 Å². The molecule has 1 N–H and O–H groups in total. The molecule has 1 unspecified atom stereocenters. The number of fused-ring (bicyclic) bond motifs is 1. The second-order valence-corrected chi connectivity index (χ2v) is 4.69. The molecule has 5 heteroatoms. The minimum Gasteiger partial charge on any atom is -0.391 e. The molecular weight excluding hydrogens is 238 g/mol. The first kappa shape index (κ1) is 10.7. The van der Waals surface area contributed by atoms with Crippen LogP contribution in [0.2, 0.25) is 5.02 Å². The number of benzene rings is 1. The molecule has 4 nitrogen and oxygen atoms in total. The zero-order chi connectivity index (χ0) is 11.8. The first-order valence-corrected chi connectivity index (χ1v) is 5.98. The molecule has 0 saturated heterocycles. The maximum atomic E-state index is 9.69. The second-order valence-electron chi connectivity index (χ2n) is 4.25. The summed E-state index contributed by atoms with van der Waals surface area (Å²) in [5, 5.41) is 18.7. The smallest absolute Gasteiger partial charge is 0.164 e. The first-order valence-electron chi connectivity index (χ1n) is 5.60. The van der Waals surface area contributed by atoms with Crippen molar-refractivity contribution in [1.82, 2.24) is 14.8 Å². The fourth-order valence-electron chi connectivity index (χ4n) is 2.12. The van der Waals surface area contributed by atoms with Gasteiger partial charge < -0.3 is 9.67 Å². The van der Waals surface area contributed by atoms with Gasteiger partial charge in [-0.3, -0.25) is 0 Å². The molecule has 0 bridgehead atoms. The normalized spacial score (nSPS) is 19.1.